The minimum absolute atomic E-state index is 0.0776. The fourth-order valence-electron chi connectivity index (χ4n) is 2.81. The highest BCUT2D eigenvalue weighted by atomic mass is 16.2. The van der Waals surface area contributed by atoms with Gasteiger partial charge in [0.25, 0.3) is 0 Å². The monoisotopic (exact) mass is 210 g/mol. The number of nitrogens with one attached hydrogen (secondary N) is 2. The summed E-state index contributed by atoms with van der Waals surface area (Å²) in [5.41, 5.74) is 0. The molecule has 2 atom stereocenters. The smallest absolute Gasteiger partial charge is 0.237 e. The maximum absolute atomic E-state index is 11.8. The zero-order chi connectivity index (χ0) is 10.7. The fraction of sp³-hybridized carbons (Fsp3) is 0.917. The second-order valence-corrected chi connectivity index (χ2v) is 4.99. The van der Waals surface area contributed by atoms with E-state index >= 15 is 0 Å². The van der Waals surface area contributed by atoms with Crippen LogP contribution in [-0.2, 0) is 4.79 Å². The fourth-order valence-corrected chi connectivity index (χ4v) is 2.81. The summed E-state index contributed by atoms with van der Waals surface area (Å²) in [6, 6.07) is 0.441. The standard InChI is InChI=1S/C12H22N2O/c1-9(10-5-2-3-6-10)14-12(15)11-7-4-8-13-11/h9-11,13H,2-8H2,1H3,(H,14,15)/t9-,11+/m0/s1. The molecule has 2 N–H and O–H groups in total. The van der Waals surface area contributed by atoms with Gasteiger partial charge in [0.2, 0.25) is 5.91 Å². The van der Waals surface area contributed by atoms with Gasteiger partial charge in [-0.2, -0.15) is 0 Å². The Labute approximate surface area is 92.0 Å². The van der Waals surface area contributed by atoms with Crippen molar-refractivity contribution in [1.29, 1.82) is 0 Å². The first-order chi connectivity index (χ1) is 7.27. The highest BCUT2D eigenvalue weighted by Gasteiger charge is 2.27. The van der Waals surface area contributed by atoms with Gasteiger partial charge < -0.3 is 10.6 Å². The van der Waals surface area contributed by atoms with Crippen LogP contribution in [0.15, 0.2) is 0 Å². The van der Waals surface area contributed by atoms with Crippen LogP contribution >= 0.6 is 0 Å². The maximum Gasteiger partial charge on any atom is 0.237 e. The Hall–Kier alpha value is -0.570. The zero-order valence-electron chi connectivity index (χ0n) is 9.59. The molecule has 1 amide bonds. The van der Waals surface area contributed by atoms with Crippen molar-refractivity contribution in [2.75, 3.05) is 6.54 Å². The van der Waals surface area contributed by atoms with Gasteiger partial charge in [0.05, 0.1) is 6.04 Å². The Morgan fingerprint density at radius 1 is 1.27 bits per heavy atom. The van der Waals surface area contributed by atoms with Crippen molar-refractivity contribution in [2.24, 2.45) is 5.92 Å². The molecule has 1 aliphatic carbocycles. The van der Waals surface area contributed by atoms with E-state index < -0.39 is 0 Å². The lowest BCUT2D eigenvalue weighted by atomic mass is 9.99. The molecule has 1 saturated heterocycles. The molecule has 0 spiro atoms. The molecular formula is C12H22N2O. The average Bonchev–Trinajstić information content (AvgIpc) is 2.91. The molecule has 0 bridgehead atoms. The average molecular weight is 210 g/mol. The van der Waals surface area contributed by atoms with Crippen molar-refractivity contribution in [3.05, 3.63) is 0 Å². The lowest BCUT2D eigenvalue weighted by Crippen LogP contribution is -2.46. The van der Waals surface area contributed by atoms with Crippen molar-refractivity contribution < 1.29 is 4.79 Å². The summed E-state index contributed by atoms with van der Waals surface area (Å²) in [6.45, 7) is 3.15. The largest absolute Gasteiger partial charge is 0.352 e. The van der Waals surface area contributed by atoms with Crippen LogP contribution in [0.3, 0.4) is 0 Å². The molecule has 86 valence electrons. The molecule has 1 aliphatic heterocycles. The Morgan fingerprint density at radius 3 is 2.60 bits per heavy atom. The second-order valence-electron chi connectivity index (χ2n) is 4.99. The molecular weight excluding hydrogens is 188 g/mol. The van der Waals surface area contributed by atoms with Crippen molar-refractivity contribution in [3.8, 4) is 0 Å². The number of amides is 1. The summed E-state index contributed by atoms with van der Waals surface area (Å²) in [7, 11) is 0. The summed E-state index contributed by atoms with van der Waals surface area (Å²) >= 11 is 0. The van der Waals surface area contributed by atoms with Crippen LogP contribution in [0.25, 0.3) is 0 Å². The Morgan fingerprint density at radius 2 is 2.00 bits per heavy atom. The first-order valence-corrected chi connectivity index (χ1v) is 6.31. The Balaban J connectivity index is 1.77. The van der Waals surface area contributed by atoms with Crippen molar-refractivity contribution in [3.63, 3.8) is 0 Å². The van der Waals surface area contributed by atoms with E-state index in [1.807, 2.05) is 0 Å². The maximum atomic E-state index is 11.8. The molecule has 15 heavy (non-hydrogen) atoms. The van der Waals surface area contributed by atoms with Gasteiger partial charge in [-0.25, -0.2) is 0 Å². The third-order valence-corrected chi connectivity index (χ3v) is 3.85. The minimum atomic E-state index is 0.0776. The topological polar surface area (TPSA) is 41.1 Å². The van der Waals surface area contributed by atoms with E-state index in [2.05, 4.69) is 17.6 Å². The molecule has 0 aromatic rings. The Bertz CT molecular complexity index is 218. The van der Waals surface area contributed by atoms with Crippen LogP contribution in [0.5, 0.6) is 0 Å². The molecule has 0 radical (unpaired) electrons. The molecule has 0 aromatic heterocycles. The van der Waals surface area contributed by atoms with Gasteiger partial charge in [-0.3, -0.25) is 4.79 Å². The summed E-state index contributed by atoms with van der Waals surface area (Å²) in [6.07, 6.45) is 7.40. The third-order valence-electron chi connectivity index (χ3n) is 3.85. The lowest BCUT2D eigenvalue weighted by Gasteiger charge is -2.22. The van der Waals surface area contributed by atoms with Crippen LogP contribution in [0.1, 0.15) is 45.4 Å². The molecule has 1 heterocycles. The Kier molecular flexibility index (Phi) is 3.62. The number of carbonyl (C=O) groups excluding carboxylic acids is 1. The predicted molar refractivity (Wildman–Crippen MR) is 60.6 cm³/mol. The normalized spacial score (nSPS) is 29.3. The second kappa shape index (κ2) is 4.97. The molecule has 0 aromatic carbocycles. The first-order valence-electron chi connectivity index (χ1n) is 6.31. The van der Waals surface area contributed by atoms with E-state index in [4.69, 9.17) is 0 Å². The highest BCUT2D eigenvalue weighted by molar-refractivity contribution is 5.82. The van der Waals surface area contributed by atoms with Crippen molar-refractivity contribution in [1.82, 2.24) is 10.6 Å². The van der Waals surface area contributed by atoms with Gasteiger partial charge in [0.15, 0.2) is 0 Å². The molecule has 2 rings (SSSR count). The van der Waals surface area contributed by atoms with Gasteiger partial charge >= 0.3 is 0 Å². The summed E-state index contributed by atoms with van der Waals surface area (Å²) in [5.74, 6) is 0.933. The highest BCUT2D eigenvalue weighted by Crippen LogP contribution is 2.27. The SMILES string of the molecule is C[C@H](NC(=O)[C@H]1CCCN1)C1CCCC1. The predicted octanol–water partition coefficient (Wildman–Crippen LogP) is 1.43. The van der Waals surface area contributed by atoms with Gasteiger partial charge in [-0.1, -0.05) is 12.8 Å². The zero-order valence-corrected chi connectivity index (χ0v) is 9.59. The van der Waals surface area contributed by atoms with Gasteiger partial charge in [-0.05, 0) is 45.1 Å². The van der Waals surface area contributed by atoms with Crippen LogP contribution in [0.2, 0.25) is 0 Å². The molecule has 2 aliphatic rings. The lowest BCUT2D eigenvalue weighted by molar-refractivity contribution is -0.123. The van der Waals surface area contributed by atoms with E-state index in [0.717, 1.165) is 25.3 Å². The first kappa shape index (κ1) is 10.9. The van der Waals surface area contributed by atoms with E-state index in [-0.39, 0.29) is 11.9 Å². The quantitative estimate of drug-likeness (QED) is 0.740. The summed E-state index contributed by atoms with van der Waals surface area (Å²) in [5, 5.41) is 6.40. The van der Waals surface area contributed by atoms with Crippen LogP contribution in [0, 0.1) is 5.92 Å². The number of carbonyl (C=O) groups is 1. The molecule has 3 heteroatoms. The molecule has 0 unspecified atom stereocenters. The van der Waals surface area contributed by atoms with Crippen LogP contribution in [-0.4, -0.2) is 24.5 Å². The van der Waals surface area contributed by atoms with Gasteiger partial charge in [0, 0.05) is 6.04 Å². The van der Waals surface area contributed by atoms with Gasteiger partial charge in [-0.15, -0.1) is 0 Å². The van der Waals surface area contributed by atoms with Crippen LogP contribution < -0.4 is 10.6 Å². The van der Waals surface area contributed by atoms with Crippen molar-refractivity contribution >= 4 is 5.91 Å². The minimum Gasteiger partial charge on any atom is -0.352 e. The summed E-state index contributed by atoms with van der Waals surface area (Å²) in [4.78, 5) is 11.8. The van der Waals surface area contributed by atoms with Crippen molar-refractivity contribution in [2.45, 2.75) is 57.5 Å². The van der Waals surface area contributed by atoms with E-state index in [0.29, 0.717) is 6.04 Å². The molecule has 2 fully saturated rings. The van der Waals surface area contributed by atoms with Gasteiger partial charge in [0.1, 0.15) is 0 Å². The summed E-state index contributed by atoms with van der Waals surface area (Å²) < 4.78 is 0. The third kappa shape index (κ3) is 2.71. The number of rotatable bonds is 3. The molecule has 1 saturated carbocycles. The van der Waals surface area contributed by atoms with E-state index in [1.54, 1.807) is 0 Å². The molecule has 3 nitrogen and oxygen atoms in total. The number of hydrogen-bond acceptors (Lipinski definition) is 2. The van der Waals surface area contributed by atoms with E-state index in [9.17, 15) is 4.79 Å². The number of hydrogen-bond donors (Lipinski definition) is 2. The van der Waals surface area contributed by atoms with E-state index in [1.165, 1.54) is 25.7 Å². The van der Waals surface area contributed by atoms with Crippen LogP contribution in [0.4, 0.5) is 0 Å².